The SMILES string of the molecule is COC1[C@H](O[C@H]2C(OOO)C(OOO)[C@@H](O[C@H]3C(OC)C(C)[C@@H](O[C@@H]4C(COS(=O)(=O)O)O[C@H](OC)C(OOO)[C@H]4OOO)O[C@H]3OC=O)O[C@H]2COS(=O)(=O)O)OC(OC=O)[C@@H](O[C@@H]2OC(COS(=O)(=O)O)[C@@H](C)[C@H](C)C2N)[C@@H]1C. The number of rotatable bonds is 32. The fraction of sp³-hybridized carbons (Fsp3) is 0.946. The minimum Gasteiger partial charge on any atom is -0.435 e. The van der Waals surface area contributed by atoms with Crippen LogP contribution >= 0.6 is 0 Å². The largest absolute Gasteiger partial charge is 0.435 e. The Labute approximate surface area is 458 Å². The Morgan fingerprint density at radius 2 is 0.778 bits per heavy atom. The Kier molecular flexibility index (Phi) is 26.8. The molecule has 5 rings (SSSR count). The molecule has 0 amide bonds. The number of carbonyl (C=O) groups excluding carboxylic acids is 2. The number of ether oxygens (including phenoxy) is 14. The molecule has 0 aromatic carbocycles. The first-order valence-corrected chi connectivity index (χ1v) is 27.5. The van der Waals surface area contributed by atoms with Crippen molar-refractivity contribution in [3.8, 4) is 0 Å². The van der Waals surface area contributed by atoms with Gasteiger partial charge in [-0.05, 0) is 11.8 Å². The number of nitrogens with two attached hydrogens (primary N) is 1. The van der Waals surface area contributed by atoms with E-state index in [0.29, 0.717) is 0 Å². The highest BCUT2D eigenvalue weighted by Gasteiger charge is 2.60. The van der Waals surface area contributed by atoms with E-state index in [1.54, 1.807) is 13.8 Å². The van der Waals surface area contributed by atoms with Crippen molar-refractivity contribution in [3.05, 3.63) is 0 Å². The normalized spacial score (nSPS) is 40.9. The summed E-state index contributed by atoms with van der Waals surface area (Å²) < 4.78 is 193. The van der Waals surface area contributed by atoms with Gasteiger partial charge in [0, 0.05) is 33.2 Å². The molecule has 0 bridgehead atoms. The molecule has 10 unspecified atom stereocenters. The van der Waals surface area contributed by atoms with E-state index in [9.17, 15) is 64.3 Å². The zero-order chi connectivity index (χ0) is 60.1. The molecule has 0 spiro atoms. The first-order chi connectivity index (χ1) is 38.2. The summed E-state index contributed by atoms with van der Waals surface area (Å²) in [5, 5.41) is 53.5. The van der Waals surface area contributed by atoms with Gasteiger partial charge in [-0.2, -0.15) is 44.8 Å². The summed E-state index contributed by atoms with van der Waals surface area (Å²) in [6.45, 7) is 2.92. The fourth-order valence-corrected chi connectivity index (χ4v) is 10.4. The highest BCUT2D eigenvalue weighted by Crippen LogP contribution is 2.41. The zero-order valence-corrected chi connectivity index (χ0v) is 45.6. The van der Waals surface area contributed by atoms with Crippen LogP contribution in [-0.2, 0) is 159 Å². The van der Waals surface area contributed by atoms with Gasteiger partial charge in [0.05, 0.1) is 38.1 Å². The summed E-state index contributed by atoms with van der Waals surface area (Å²) in [5.41, 5.74) is 6.48. The topological polar surface area (TPSA) is 535 Å². The van der Waals surface area contributed by atoms with Gasteiger partial charge >= 0.3 is 31.2 Å². The predicted molar refractivity (Wildman–Crippen MR) is 237 cm³/mol. The molecule has 474 valence electrons. The first-order valence-electron chi connectivity index (χ1n) is 23.4. The summed E-state index contributed by atoms with van der Waals surface area (Å²) >= 11 is 0. The van der Waals surface area contributed by atoms with Crippen molar-refractivity contribution < 1.29 is 188 Å². The third-order valence-corrected chi connectivity index (χ3v) is 14.9. The van der Waals surface area contributed by atoms with Crippen molar-refractivity contribution in [2.45, 2.75) is 157 Å². The highest BCUT2D eigenvalue weighted by molar-refractivity contribution is 7.81. The van der Waals surface area contributed by atoms with E-state index in [0.717, 1.165) is 21.3 Å². The van der Waals surface area contributed by atoms with Gasteiger partial charge in [-0.25, -0.2) is 33.6 Å². The van der Waals surface area contributed by atoms with Crippen LogP contribution in [0.25, 0.3) is 0 Å². The summed E-state index contributed by atoms with van der Waals surface area (Å²) in [6.07, 6.45) is -35.7. The molecule has 25 atom stereocenters. The van der Waals surface area contributed by atoms with Gasteiger partial charge in [0.15, 0.2) is 55.9 Å². The highest BCUT2D eigenvalue weighted by atomic mass is 32.3. The van der Waals surface area contributed by atoms with Gasteiger partial charge in [0.2, 0.25) is 12.6 Å². The zero-order valence-electron chi connectivity index (χ0n) is 43.1. The van der Waals surface area contributed by atoms with Crippen molar-refractivity contribution in [2.75, 3.05) is 41.2 Å². The van der Waals surface area contributed by atoms with Gasteiger partial charge in [-0.3, -0.25) is 23.2 Å². The van der Waals surface area contributed by atoms with Gasteiger partial charge in [-0.15, -0.1) is 0 Å². The second-order valence-electron chi connectivity index (χ2n) is 18.1. The fourth-order valence-electron chi connectivity index (χ4n) is 9.50. The Morgan fingerprint density at radius 1 is 0.395 bits per heavy atom. The van der Waals surface area contributed by atoms with Crippen LogP contribution in [0.5, 0.6) is 0 Å². The molecule has 41 nitrogen and oxygen atoms in total. The Balaban J connectivity index is 1.47. The van der Waals surface area contributed by atoms with Gasteiger partial charge in [-0.1, -0.05) is 47.8 Å². The van der Waals surface area contributed by atoms with Crippen molar-refractivity contribution in [3.63, 3.8) is 0 Å². The molecule has 5 heterocycles. The molecule has 0 aliphatic carbocycles. The lowest BCUT2D eigenvalue weighted by atomic mass is 9.82. The van der Waals surface area contributed by atoms with Crippen LogP contribution in [0.3, 0.4) is 0 Å². The molecule has 44 heteroatoms. The van der Waals surface area contributed by atoms with E-state index in [-0.39, 0.29) is 12.9 Å². The third-order valence-electron chi connectivity index (χ3n) is 13.6. The molecular weight excluding hydrogens is 1190 g/mol. The van der Waals surface area contributed by atoms with E-state index < -0.39 is 204 Å². The minimum atomic E-state index is -5.39. The summed E-state index contributed by atoms with van der Waals surface area (Å²) in [6, 6.07) is -0.940. The maximum absolute atomic E-state index is 12.1. The number of carbonyl (C=O) groups is 2. The predicted octanol–water partition coefficient (Wildman–Crippen LogP) is -3.42. The second-order valence-corrected chi connectivity index (χ2v) is 21.3. The molecule has 5 aliphatic rings. The lowest BCUT2D eigenvalue weighted by Gasteiger charge is -2.50. The second kappa shape index (κ2) is 31.3. The van der Waals surface area contributed by atoms with Crippen molar-refractivity contribution in [1.82, 2.24) is 0 Å². The Bertz CT molecular complexity index is 2260. The summed E-state index contributed by atoms with van der Waals surface area (Å²) in [5.74, 6) is -3.23. The van der Waals surface area contributed by atoms with Crippen molar-refractivity contribution in [2.24, 2.45) is 29.4 Å². The van der Waals surface area contributed by atoms with E-state index in [2.05, 4.69) is 32.7 Å². The third kappa shape index (κ3) is 18.3. The molecule has 9 N–H and O–H groups in total. The van der Waals surface area contributed by atoms with Crippen LogP contribution in [0.1, 0.15) is 27.7 Å². The maximum atomic E-state index is 12.1. The molecule has 0 aromatic heterocycles. The first kappa shape index (κ1) is 69.3. The standard InChI is InChI=1S/C37H63NO40S3/c1-13-14(2)20(38)32(62-17(13)8-59-79(45,46)47)65-23-15(3)22(55-6)36(70-34(23)57-11-39)67-25-19(10-61-81(51,52)53)64-37(30(74-78-44)27(25)72-76-42)68-28-21(54-5)16(4)31(69-35(28)58-12-40)66-24-18(9-60-80(48,49)50)63-33(56-7)29(73-77-43)26(24)71-75-41/h11-37,41-44H,8-10,38H2,1-7H3,(H,45,46,47)(H,48,49,50)(H,51,52,53)/t13-,14-,15+,16?,17?,18?,19-,20?,21?,22?,23-,24+,25+,26-,27?,28-,29?,30?,31-,32-,33-,34?,35+,36+,37+/m0/s1. The van der Waals surface area contributed by atoms with Gasteiger partial charge in [0.25, 0.3) is 12.9 Å². The smallest absolute Gasteiger partial charge is 0.397 e. The average Bonchev–Trinajstić information content (AvgIpc) is 3.41. The number of methoxy groups -OCH3 is 3. The molecule has 5 saturated heterocycles. The maximum Gasteiger partial charge on any atom is 0.397 e. The van der Waals surface area contributed by atoms with Crippen LogP contribution in [0.4, 0.5) is 0 Å². The van der Waals surface area contributed by atoms with Gasteiger partial charge < -0.3 is 72.0 Å². The van der Waals surface area contributed by atoms with Crippen LogP contribution in [-0.4, -0.2) is 243 Å². The van der Waals surface area contributed by atoms with Crippen LogP contribution in [0, 0.1) is 23.7 Å². The van der Waals surface area contributed by atoms with Crippen molar-refractivity contribution >= 4 is 44.1 Å². The molecule has 0 aromatic rings. The Hall–Kier alpha value is -2.45. The van der Waals surface area contributed by atoms with Crippen LogP contribution in [0.15, 0.2) is 0 Å². The van der Waals surface area contributed by atoms with E-state index in [4.69, 9.17) is 96.9 Å². The summed E-state index contributed by atoms with van der Waals surface area (Å²) in [4.78, 5) is 43.8. The van der Waals surface area contributed by atoms with E-state index in [1.165, 1.54) is 13.8 Å². The lowest BCUT2D eigenvalue weighted by Crippen LogP contribution is -2.67. The van der Waals surface area contributed by atoms with Gasteiger partial charge in [0.1, 0.15) is 42.7 Å². The Morgan fingerprint density at radius 3 is 1.23 bits per heavy atom. The molecule has 81 heavy (non-hydrogen) atoms. The van der Waals surface area contributed by atoms with Crippen LogP contribution < -0.4 is 5.73 Å². The summed E-state index contributed by atoms with van der Waals surface area (Å²) in [7, 11) is -12.2. The molecule has 0 saturated carbocycles. The molecule has 5 fully saturated rings. The van der Waals surface area contributed by atoms with E-state index >= 15 is 0 Å². The number of hydrogen-bond donors (Lipinski definition) is 8. The minimum absolute atomic E-state index is 0.0499. The number of hydrogen-bond acceptors (Lipinski definition) is 38. The molecule has 5 aliphatic heterocycles. The van der Waals surface area contributed by atoms with Crippen LogP contribution in [0.2, 0.25) is 0 Å². The quantitative estimate of drug-likeness (QED) is 0.0141. The lowest BCUT2D eigenvalue weighted by molar-refractivity contribution is -0.573. The molecule has 0 radical (unpaired) electrons. The molecular formula is C37H63NO40S3. The monoisotopic (exact) mass is 1260 g/mol. The van der Waals surface area contributed by atoms with E-state index in [1.807, 2.05) is 0 Å². The van der Waals surface area contributed by atoms with Crippen molar-refractivity contribution in [1.29, 1.82) is 0 Å². The average molecular weight is 1260 g/mol.